The Balaban J connectivity index is 1.09. The summed E-state index contributed by atoms with van der Waals surface area (Å²) in [5.41, 5.74) is 11.6. The van der Waals surface area contributed by atoms with E-state index in [9.17, 15) is 0 Å². The highest BCUT2D eigenvalue weighted by molar-refractivity contribution is 6.09. The van der Waals surface area contributed by atoms with Crippen molar-refractivity contribution in [2.24, 2.45) is 0 Å². The van der Waals surface area contributed by atoms with Gasteiger partial charge in [-0.1, -0.05) is 121 Å². The van der Waals surface area contributed by atoms with Crippen molar-refractivity contribution in [3.63, 3.8) is 0 Å². The maximum absolute atomic E-state index is 5.04. The lowest BCUT2D eigenvalue weighted by atomic mass is 10.0. The molecule has 0 fully saturated rings. The topological polar surface area (TPSA) is 43.6 Å². The predicted octanol–water partition coefficient (Wildman–Crippen LogP) is 10.8. The largest absolute Gasteiger partial charge is 0.309 e. The first-order valence-corrected chi connectivity index (χ1v) is 15.8. The molecule has 0 bridgehead atoms. The highest BCUT2D eigenvalue weighted by atomic mass is 15.0. The number of rotatable bonds is 5. The highest BCUT2D eigenvalue weighted by Crippen LogP contribution is 2.34. The van der Waals surface area contributed by atoms with Crippen molar-refractivity contribution in [3.8, 4) is 50.7 Å². The molecule has 0 saturated carbocycles. The van der Waals surface area contributed by atoms with Crippen LogP contribution in [0, 0.1) is 0 Å². The lowest BCUT2D eigenvalue weighted by Crippen LogP contribution is -1.96. The van der Waals surface area contributed by atoms with Crippen LogP contribution in [0.2, 0.25) is 0 Å². The zero-order chi connectivity index (χ0) is 31.2. The monoisotopic (exact) mass is 600 g/mol. The number of hydrogen-bond acceptors (Lipinski definition) is 3. The normalized spacial score (nSPS) is 11.4. The van der Waals surface area contributed by atoms with Gasteiger partial charge < -0.3 is 4.57 Å². The SMILES string of the molecule is c1ccc(-c2nc(-c3ccc(-c4ccc(-n5c6ccccc6c6ccccc65)cc4)cc3)cc(-c3ccnc4ccccc34)n2)cc1. The summed E-state index contributed by atoms with van der Waals surface area (Å²) in [6.45, 7) is 0. The molecule has 0 atom stereocenters. The lowest BCUT2D eigenvalue weighted by molar-refractivity contribution is 1.18. The van der Waals surface area contributed by atoms with Crippen LogP contribution in [0.25, 0.3) is 83.4 Å². The van der Waals surface area contributed by atoms with Gasteiger partial charge in [0.1, 0.15) is 0 Å². The molecule has 0 saturated heterocycles. The van der Waals surface area contributed by atoms with Gasteiger partial charge in [-0.2, -0.15) is 0 Å². The van der Waals surface area contributed by atoms with Crippen LogP contribution in [0.5, 0.6) is 0 Å². The summed E-state index contributed by atoms with van der Waals surface area (Å²) in [5, 5.41) is 3.60. The van der Waals surface area contributed by atoms with E-state index in [2.05, 4.69) is 131 Å². The summed E-state index contributed by atoms with van der Waals surface area (Å²) in [7, 11) is 0. The summed E-state index contributed by atoms with van der Waals surface area (Å²) in [6, 6.07) is 57.2. The smallest absolute Gasteiger partial charge is 0.160 e. The summed E-state index contributed by atoms with van der Waals surface area (Å²) >= 11 is 0. The van der Waals surface area contributed by atoms with Crippen LogP contribution in [0.1, 0.15) is 0 Å². The van der Waals surface area contributed by atoms with E-state index in [-0.39, 0.29) is 0 Å². The maximum atomic E-state index is 5.04. The Labute approximate surface area is 272 Å². The van der Waals surface area contributed by atoms with E-state index in [1.807, 2.05) is 48.7 Å². The zero-order valence-corrected chi connectivity index (χ0v) is 25.5. The van der Waals surface area contributed by atoms with Gasteiger partial charge in [-0.25, -0.2) is 9.97 Å². The summed E-state index contributed by atoms with van der Waals surface area (Å²) in [6.07, 6.45) is 1.85. The van der Waals surface area contributed by atoms with E-state index in [1.54, 1.807) is 0 Å². The molecule has 9 aromatic rings. The number of pyridine rings is 1. The Morgan fingerprint density at radius 3 is 1.66 bits per heavy atom. The van der Waals surface area contributed by atoms with Gasteiger partial charge in [-0.3, -0.25) is 4.98 Å². The minimum Gasteiger partial charge on any atom is -0.309 e. The van der Waals surface area contributed by atoms with Gasteiger partial charge in [0.2, 0.25) is 0 Å². The van der Waals surface area contributed by atoms with Crippen molar-refractivity contribution in [1.29, 1.82) is 0 Å². The predicted molar refractivity (Wildman–Crippen MR) is 193 cm³/mol. The molecular weight excluding hydrogens is 573 g/mol. The first-order chi connectivity index (χ1) is 23.3. The average molecular weight is 601 g/mol. The van der Waals surface area contributed by atoms with E-state index < -0.39 is 0 Å². The van der Waals surface area contributed by atoms with Crippen LogP contribution in [-0.4, -0.2) is 19.5 Å². The number of benzene rings is 6. The summed E-state index contributed by atoms with van der Waals surface area (Å²) in [5.74, 6) is 0.698. The fourth-order valence-corrected chi connectivity index (χ4v) is 6.61. The molecule has 0 aliphatic carbocycles. The second kappa shape index (κ2) is 11.2. The molecular formula is C43H28N4. The van der Waals surface area contributed by atoms with Crippen molar-refractivity contribution in [2.75, 3.05) is 0 Å². The molecule has 0 N–H and O–H groups in total. The molecule has 6 aromatic carbocycles. The van der Waals surface area contributed by atoms with Gasteiger partial charge in [0.05, 0.1) is 27.9 Å². The number of nitrogens with zero attached hydrogens (tertiary/aromatic N) is 4. The van der Waals surface area contributed by atoms with Gasteiger partial charge >= 0.3 is 0 Å². The van der Waals surface area contributed by atoms with Crippen LogP contribution in [0.3, 0.4) is 0 Å². The third-order valence-electron chi connectivity index (χ3n) is 8.90. The Bertz CT molecular complexity index is 2490. The molecule has 0 aliphatic rings. The molecule has 3 aromatic heterocycles. The Hall–Kier alpha value is -6.39. The molecule has 0 amide bonds. The summed E-state index contributed by atoms with van der Waals surface area (Å²) < 4.78 is 2.35. The van der Waals surface area contributed by atoms with E-state index in [0.717, 1.165) is 55.8 Å². The molecule has 220 valence electrons. The number of hydrogen-bond donors (Lipinski definition) is 0. The third-order valence-corrected chi connectivity index (χ3v) is 8.90. The second-order valence-electron chi connectivity index (χ2n) is 11.7. The highest BCUT2D eigenvalue weighted by Gasteiger charge is 2.14. The molecule has 4 nitrogen and oxygen atoms in total. The van der Waals surface area contributed by atoms with Crippen molar-refractivity contribution in [3.05, 3.63) is 170 Å². The zero-order valence-electron chi connectivity index (χ0n) is 25.5. The van der Waals surface area contributed by atoms with E-state index in [1.165, 1.54) is 21.8 Å². The lowest BCUT2D eigenvalue weighted by Gasteiger charge is -2.12. The van der Waals surface area contributed by atoms with Crippen LogP contribution < -0.4 is 0 Å². The van der Waals surface area contributed by atoms with Gasteiger partial charge in [-0.05, 0) is 53.6 Å². The van der Waals surface area contributed by atoms with E-state index in [0.29, 0.717) is 5.82 Å². The van der Waals surface area contributed by atoms with Crippen LogP contribution in [0.4, 0.5) is 0 Å². The second-order valence-corrected chi connectivity index (χ2v) is 11.7. The fourth-order valence-electron chi connectivity index (χ4n) is 6.61. The minimum absolute atomic E-state index is 0.698. The molecule has 0 spiro atoms. The molecule has 47 heavy (non-hydrogen) atoms. The molecule has 3 heterocycles. The van der Waals surface area contributed by atoms with E-state index >= 15 is 0 Å². The van der Waals surface area contributed by atoms with Crippen molar-refractivity contribution >= 4 is 32.7 Å². The molecule has 0 aliphatic heterocycles. The van der Waals surface area contributed by atoms with E-state index in [4.69, 9.17) is 9.97 Å². The van der Waals surface area contributed by atoms with Crippen LogP contribution >= 0.6 is 0 Å². The maximum Gasteiger partial charge on any atom is 0.160 e. The van der Waals surface area contributed by atoms with Crippen LogP contribution in [-0.2, 0) is 0 Å². The molecule has 4 heteroatoms. The van der Waals surface area contributed by atoms with Crippen molar-refractivity contribution in [1.82, 2.24) is 19.5 Å². The summed E-state index contributed by atoms with van der Waals surface area (Å²) in [4.78, 5) is 14.7. The first kappa shape index (κ1) is 27.0. The molecule has 0 unspecified atom stereocenters. The van der Waals surface area contributed by atoms with Crippen molar-refractivity contribution in [2.45, 2.75) is 0 Å². The number of para-hydroxylation sites is 3. The van der Waals surface area contributed by atoms with Gasteiger partial charge in [0.25, 0.3) is 0 Å². The minimum atomic E-state index is 0.698. The quantitative estimate of drug-likeness (QED) is 0.197. The average Bonchev–Trinajstić information content (AvgIpc) is 3.49. The Morgan fingerprint density at radius 1 is 0.404 bits per heavy atom. The first-order valence-electron chi connectivity index (χ1n) is 15.8. The Morgan fingerprint density at radius 2 is 0.957 bits per heavy atom. The van der Waals surface area contributed by atoms with Gasteiger partial charge in [0.15, 0.2) is 5.82 Å². The molecule has 0 radical (unpaired) electrons. The number of aromatic nitrogens is 4. The third kappa shape index (κ3) is 4.75. The number of fused-ring (bicyclic) bond motifs is 4. The Kier molecular flexibility index (Phi) is 6.43. The van der Waals surface area contributed by atoms with Gasteiger partial charge in [0, 0.05) is 44.7 Å². The van der Waals surface area contributed by atoms with Gasteiger partial charge in [-0.15, -0.1) is 0 Å². The van der Waals surface area contributed by atoms with Crippen molar-refractivity contribution < 1.29 is 0 Å². The molecule has 9 rings (SSSR count). The standard InChI is InChI=1S/C43H28N4/c1-2-10-32(11-3-1)43-45-39(28-40(46-43)35-26-27-44-38-15-7-4-12-34(35)38)31-20-18-29(19-21-31)30-22-24-33(25-23-30)47-41-16-8-5-13-36(41)37-14-6-9-17-42(37)47/h1-28H. The van der Waals surface area contributed by atoms with Crippen LogP contribution in [0.15, 0.2) is 170 Å². The fraction of sp³-hybridized carbons (Fsp3) is 0.